The molecule has 1 atom stereocenters. The Kier molecular flexibility index (Phi) is 2.50. The summed E-state index contributed by atoms with van der Waals surface area (Å²) in [5.74, 6) is 0. The minimum Gasteiger partial charge on any atom is -0.463 e. The van der Waals surface area contributed by atoms with Crippen LogP contribution in [0.5, 0.6) is 6.01 Å². The van der Waals surface area contributed by atoms with Crippen LogP contribution >= 0.6 is 0 Å². The van der Waals surface area contributed by atoms with E-state index in [4.69, 9.17) is 4.74 Å². The van der Waals surface area contributed by atoms with Crippen molar-refractivity contribution in [2.75, 3.05) is 13.2 Å². The first-order valence-corrected chi connectivity index (χ1v) is 5.73. The van der Waals surface area contributed by atoms with Crippen molar-refractivity contribution < 1.29 is 4.74 Å². The zero-order chi connectivity index (χ0) is 10.8. The molecule has 0 aliphatic carbocycles. The number of hydrogen-bond acceptors (Lipinski definition) is 3. The van der Waals surface area contributed by atoms with Crippen LogP contribution in [0.1, 0.15) is 12.8 Å². The summed E-state index contributed by atoms with van der Waals surface area (Å²) in [5, 5.41) is 3.39. The molecule has 1 aliphatic heterocycles. The molecular weight excluding hydrogens is 202 g/mol. The van der Waals surface area contributed by atoms with Gasteiger partial charge in [-0.15, -0.1) is 0 Å². The highest BCUT2D eigenvalue weighted by molar-refractivity contribution is 5.75. The summed E-state index contributed by atoms with van der Waals surface area (Å²) in [5.41, 5.74) is 1.98. The van der Waals surface area contributed by atoms with E-state index in [1.54, 1.807) is 0 Å². The number of fused-ring (bicyclic) bond motifs is 1. The van der Waals surface area contributed by atoms with Gasteiger partial charge in [0, 0.05) is 6.04 Å². The minimum absolute atomic E-state index is 0.480. The van der Waals surface area contributed by atoms with Crippen molar-refractivity contribution in [3.8, 4) is 6.01 Å². The third-order valence-electron chi connectivity index (χ3n) is 2.95. The van der Waals surface area contributed by atoms with Gasteiger partial charge < -0.3 is 15.0 Å². The molecular formula is C12H15N3O. The Morgan fingerprint density at radius 3 is 3.12 bits per heavy atom. The lowest BCUT2D eigenvalue weighted by atomic mass is 10.2. The number of para-hydroxylation sites is 2. The van der Waals surface area contributed by atoms with Crippen LogP contribution in [0.4, 0.5) is 0 Å². The normalized spacial score (nSPS) is 20.4. The lowest BCUT2D eigenvalue weighted by Crippen LogP contribution is -2.28. The number of aromatic nitrogens is 2. The second-order valence-electron chi connectivity index (χ2n) is 4.16. The smallest absolute Gasteiger partial charge is 0.294 e. The molecule has 4 nitrogen and oxygen atoms in total. The Hall–Kier alpha value is -1.55. The van der Waals surface area contributed by atoms with Gasteiger partial charge in [-0.1, -0.05) is 12.1 Å². The second-order valence-corrected chi connectivity index (χ2v) is 4.16. The van der Waals surface area contributed by atoms with Crippen molar-refractivity contribution in [2.24, 2.45) is 0 Å². The van der Waals surface area contributed by atoms with Crippen molar-refractivity contribution in [1.82, 2.24) is 15.3 Å². The Balaban J connectivity index is 1.69. The number of benzene rings is 1. The van der Waals surface area contributed by atoms with E-state index >= 15 is 0 Å². The third kappa shape index (κ3) is 1.88. The lowest BCUT2D eigenvalue weighted by molar-refractivity contribution is 0.260. The Labute approximate surface area is 94.0 Å². The van der Waals surface area contributed by atoms with Crippen LogP contribution in [0.15, 0.2) is 24.3 Å². The van der Waals surface area contributed by atoms with Crippen LogP contribution in [-0.2, 0) is 0 Å². The van der Waals surface area contributed by atoms with Gasteiger partial charge in [0.15, 0.2) is 0 Å². The third-order valence-corrected chi connectivity index (χ3v) is 2.95. The van der Waals surface area contributed by atoms with E-state index < -0.39 is 0 Å². The fourth-order valence-corrected chi connectivity index (χ4v) is 2.08. The van der Waals surface area contributed by atoms with Gasteiger partial charge in [0.05, 0.1) is 11.0 Å². The second kappa shape index (κ2) is 4.14. The van der Waals surface area contributed by atoms with E-state index in [2.05, 4.69) is 15.3 Å². The SMILES string of the molecule is c1ccc2[nH]c(OC[C@@H]3CCCN3)nc2c1. The quantitative estimate of drug-likeness (QED) is 0.822. The molecule has 2 heterocycles. The number of hydrogen-bond donors (Lipinski definition) is 2. The fraction of sp³-hybridized carbons (Fsp3) is 0.417. The number of imidazole rings is 1. The minimum atomic E-state index is 0.480. The van der Waals surface area contributed by atoms with E-state index in [0.29, 0.717) is 18.7 Å². The number of H-pyrrole nitrogens is 1. The van der Waals surface area contributed by atoms with Gasteiger partial charge >= 0.3 is 0 Å². The Morgan fingerprint density at radius 2 is 2.31 bits per heavy atom. The monoisotopic (exact) mass is 217 g/mol. The van der Waals surface area contributed by atoms with Gasteiger partial charge in [0.2, 0.25) is 0 Å². The maximum atomic E-state index is 5.65. The number of ether oxygens (including phenoxy) is 1. The molecule has 3 rings (SSSR count). The molecule has 1 aromatic carbocycles. The van der Waals surface area contributed by atoms with E-state index in [1.807, 2.05) is 24.3 Å². The summed E-state index contributed by atoms with van der Waals surface area (Å²) in [6, 6.07) is 9.05. The Morgan fingerprint density at radius 1 is 1.38 bits per heavy atom. The molecule has 0 bridgehead atoms. The van der Waals surface area contributed by atoms with Crippen LogP contribution in [0.2, 0.25) is 0 Å². The van der Waals surface area contributed by atoms with E-state index in [-0.39, 0.29) is 0 Å². The van der Waals surface area contributed by atoms with Crippen molar-refractivity contribution in [2.45, 2.75) is 18.9 Å². The average molecular weight is 217 g/mol. The molecule has 2 N–H and O–H groups in total. The maximum absolute atomic E-state index is 5.65. The molecule has 0 radical (unpaired) electrons. The molecule has 1 aromatic heterocycles. The summed E-state index contributed by atoms with van der Waals surface area (Å²) in [7, 11) is 0. The molecule has 16 heavy (non-hydrogen) atoms. The zero-order valence-corrected chi connectivity index (χ0v) is 9.07. The maximum Gasteiger partial charge on any atom is 0.294 e. The standard InChI is InChI=1S/C12H15N3O/c1-2-6-11-10(5-1)14-12(15-11)16-8-9-4-3-7-13-9/h1-2,5-6,9,13H,3-4,7-8H2,(H,14,15)/t9-/m0/s1. The van der Waals surface area contributed by atoms with Crippen molar-refractivity contribution in [1.29, 1.82) is 0 Å². The molecule has 1 fully saturated rings. The lowest BCUT2D eigenvalue weighted by Gasteiger charge is -2.09. The largest absolute Gasteiger partial charge is 0.463 e. The van der Waals surface area contributed by atoms with Crippen molar-refractivity contribution >= 4 is 11.0 Å². The van der Waals surface area contributed by atoms with Crippen LogP contribution in [0.25, 0.3) is 11.0 Å². The van der Waals surface area contributed by atoms with Gasteiger partial charge in [-0.3, -0.25) is 0 Å². The molecule has 0 unspecified atom stereocenters. The molecule has 84 valence electrons. The van der Waals surface area contributed by atoms with Crippen LogP contribution in [-0.4, -0.2) is 29.2 Å². The predicted octanol–water partition coefficient (Wildman–Crippen LogP) is 1.69. The van der Waals surface area contributed by atoms with Crippen molar-refractivity contribution in [3.05, 3.63) is 24.3 Å². The molecule has 2 aromatic rings. The fourth-order valence-electron chi connectivity index (χ4n) is 2.08. The number of nitrogens with zero attached hydrogens (tertiary/aromatic N) is 1. The average Bonchev–Trinajstić information content (AvgIpc) is 2.95. The van der Waals surface area contributed by atoms with Gasteiger partial charge in [-0.05, 0) is 31.5 Å². The first kappa shape index (κ1) is 9.66. The topological polar surface area (TPSA) is 49.9 Å². The van der Waals surface area contributed by atoms with Gasteiger partial charge in [0.1, 0.15) is 6.61 Å². The van der Waals surface area contributed by atoms with Gasteiger partial charge in [0.25, 0.3) is 6.01 Å². The molecule has 0 amide bonds. The summed E-state index contributed by atoms with van der Waals surface area (Å²) in [4.78, 5) is 7.53. The first-order chi connectivity index (χ1) is 7.92. The van der Waals surface area contributed by atoms with E-state index in [9.17, 15) is 0 Å². The summed E-state index contributed by atoms with van der Waals surface area (Å²) in [6.07, 6.45) is 2.44. The predicted molar refractivity (Wildman–Crippen MR) is 62.6 cm³/mol. The van der Waals surface area contributed by atoms with E-state index in [0.717, 1.165) is 17.6 Å². The van der Waals surface area contributed by atoms with Crippen molar-refractivity contribution in [3.63, 3.8) is 0 Å². The molecule has 1 aliphatic rings. The highest BCUT2D eigenvalue weighted by Gasteiger charge is 2.15. The number of rotatable bonds is 3. The molecule has 4 heteroatoms. The molecule has 0 spiro atoms. The van der Waals surface area contributed by atoms with Crippen LogP contribution < -0.4 is 10.1 Å². The van der Waals surface area contributed by atoms with Crippen LogP contribution in [0.3, 0.4) is 0 Å². The van der Waals surface area contributed by atoms with Crippen LogP contribution in [0, 0.1) is 0 Å². The summed E-state index contributed by atoms with van der Waals surface area (Å²) in [6.45, 7) is 1.80. The highest BCUT2D eigenvalue weighted by atomic mass is 16.5. The zero-order valence-electron chi connectivity index (χ0n) is 9.07. The number of aromatic amines is 1. The van der Waals surface area contributed by atoms with Gasteiger partial charge in [-0.2, -0.15) is 4.98 Å². The summed E-state index contributed by atoms with van der Waals surface area (Å²) < 4.78 is 5.65. The Bertz CT molecular complexity index is 441. The molecule has 0 saturated carbocycles. The molecule has 1 saturated heterocycles. The first-order valence-electron chi connectivity index (χ1n) is 5.73. The highest BCUT2D eigenvalue weighted by Crippen LogP contribution is 2.15. The van der Waals surface area contributed by atoms with Gasteiger partial charge in [-0.25, -0.2) is 0 Å². The summed E-state index contributed by atoms with van der Waals surface area (Å²) >= 11 is 0. The van der Waals surface area contributed by atoms with E-state index in [1.165, 1.54) is 12.8 Å². The number of nitrogens with one attached hydrogen (secondary N) is 2.